The van der Waals surface area contributed by atoms with Gasteiger partial charge in [-0.25, -0.2) is 0 Å². The number of fused-ring (bicyclic) bond motifs is 8. The molecule has 0 radical (unpaired) electrons. The first kappa shape index (κ1) is 31.2. The van der Waals surface area contributed by atoms with Crippen molar-refractivity contribution in [3.8, 4) is 27.9 Å². The molecule has 11 aromatic rings. The summed E-state index contributed by atoms with van der Waals surface area (Å²) in [5, 5.41) is 6.84. The number of anilines is 3. The highest BCUT2D eigenvalue weighted by molar-refractivity contribution is 6.20. The van der Waals surface area contributed by atoms with Gasteiger partial charge in [0.2, 0.25) is 0 Å². The van der Waals surface area contributed by atoms with Crippen LogP contribution in [-0.2, 0) is 0 Å². The van der Waals surface area contributed by atoms with E-state index in [4.69, 9.17) is 4.42 Å². The molecule has 9 aromatic carbocycles. The van der Waals surface area contributed by atoms with E-state index in [1.54, 1.807) is 0 Å². The topological polar surface area (TPSA) is 21.3 Å². The Hall–Kier alpha value is -7.36. The monoisotopic (exact) mass is 702 g/mol. The van der Waals surface area contributed by atoms with Gasteiger partial charge in [-0.05, 0) is 82.9 Å². The van der Waals surface area contributed by atoms with Gasteiger partial charge in [-0.1, -0.05) is 146 Å². The molecule has 0 fully saturated rings. The normalized spacial score (nSPS) is 11.6. The SMILES string of the molecule is c1ccc(-c2cc(-c3ccccc3)cc(N(c3ccc4c5ccccc5n(-c5ccccc5)c4c3)c3cc4c5ccccc5oc4c4ccccc34)c2)cc1. The summed E-state index contributed by atoms with van der Waals surface area (Å²) in [4.78, 5) is 2.45. The Balaban J connectivity index is 1.26. The summed E-state index contributed by atoms with van der Waals surface area (Å²) in [5.74, 6) is 0. The van der Waals surface area contributed by atoms with Crippen molar-refractivity contribution in [1.29, 1.82) is 0 Å². The molecule has 0 spiro atoms. The highest BCUT2D eigenvalue weighted by Gasteiger charge is 2.23. The first-order valence-corrected chi connectivity index (χ1v) is 18.8. The van der Waals surface area contributed by atoms with E-state index >= 15 is 0 Å². The van der Waals surface area contributed by atoms with Crippen LogP contribution < -0.4 is 4.90 Å². The van der Waals surface area contributed by atoms with Gasteiger partial charge in [-0.15, -0.1) is 0 Å². The third-order valence-corrected chi connectivity index (χ3v) is 10.9. The molecule has 0 N–H and O–H groups in total. The lowest BCUT2D eigenvalue weighted by atomic mass is 9.96. The molecule has 258 valence electrons. The summed E-state index contributed by atoms with van der Waals surface area (Å²) >= 11 is 0. The molecule has 3 heteroatoms. The van der Waals surface area contributed by atoms with E-state index in [1.807, 2.05) is 6.07 Å². The predicted octanol–water partition coefficient (Wildman–Crippen LogP) is 14.6. The zero-order chi connectivity index (χ0) is 36.3. The van der Waals surface area contributed by atoms with Gasteiger partial charge in [0.05, 0.1) is 16.7 Å². The second kappa shape index (κ2) is 12.6. The Bertz CT molecular complexity index is 3140. The molecular weight excluding hydrogens is 669 g/mol. The van der Waals surface area contributed by atoms with E-state index in [2.05, 4.69) is 210 Å². The molecule has 55 heavy (non-hydrogen) atoms. The molecule has 0 amide bonds. The summed E-state index contributed by atoms with van der Waals surface area (Å²) in [7, 11) is 0. The van der Waals surface area contributed by atoms with Crippen LogP contribution in [0.1, 0.15) is 0 Å². The van der Waals surface area contributed by atoms with Crippen LogP contribution in [0.15, 0.2) is 211 Å². The van der Waals surface area contributed by atoms with Gasteiger partial charge in [0.15, 0.2) is 0 Å². The smallest absolute Gasteiger partial charge is 0.143 e. The van der Waals surface area contributed by atoms with E-state index in [0.29, 0.717) is 0 Å². The summed E-state index contributed by atoms with van der Waals surface area (Å²) < 4.78 is 9.00. The number of hydrogen-bond donors (Lipinski definition) is 0. The fourth-order valence-electron chi connectivity index (χ4n) is 8.43. The first-order chi connectivity index (χ1) is 27.3. The van der Waals surface area contributed by atoms with E-state index < -0.39 is 0 Å². The largest absolute Gasteiger partial charge is 0.455 e. The van der Waals surface area contributed by atoms with Crippen LogP contribution >= 0.6 is 0 Å². The number of aromatic nitrogens is 1. The van der Waals surface area contributed by atoms with E-state index in [0.717, 1.165) is 72.1 Å². The van der Waals surface area contributed by atoms with Crippen LogP contribution in [0.2, 0.25) is 0 Å². The molecule has 0 saturated heterocycles. The van der Waals surface area contributed by atoms with Crippen molar-refractivity contribution < 1.29 is 4.42 Å². The van der Waals surface area contributed by atoms with Gasteiger partial charge in [-0.3, -0.25) is 0 Å². The van der Waals surface area contributed by atoms with Crippen LogP contribution in [0.3, 0.4) is 0 Å². The van der Waals surface area contributed by atoms with Crippen molar-refractivity contribution in [3.05, 3.63) is 206 Å². The maximum atomic E-state index is 6.60. The minimum absolute atomic E-state index is 0.887. The van der Waals surface area contributed by atoms with Gasteiger partial charge in [0.25, 0.3) is 0 Å². The molecule has 2 aromatic heterocycles. The van der Waals surface area contributed by atoms with Crippen molar-refractivity contribution in [2.45, 2.75) is 0 Å². The van der Waals surface area contributed by atoms with Gasteiger partial charge >= 0.3 is 0 Å². The molecular formula is C52H34N2O. The fourth-order valence-corrected chi connectivity index (χ4v) is 8.43. The summed E-state index contributed by atoms with van der Waals surface area (Å²) in [6, 6.07) is 74.1. The maximum absolute atomic E-state index is 6.60. The minimum Gasteiger partial charge on any atom is -0.455 e. The van der Waals surface area contributed by atoms with Gasteiger partial charge in [0.1, 0.15) is 11.2 Å². The molecule has 0 unspecified atom stereocenters. The van der Waals surface area contributed by atoms with Crippen LogP contribution in [0.25, 0.3) is 82.5 Å². The Morgan fingerprint density at radius 1 is 0.345 bits per heavy atom. The van der Waals surface area contributed by atoms with Gasteiger partial charge in [-0.2, -0.15) is 0 Å². The van der Waals surface area contributed by atoms with Crippen LogP contribution in [0, 0.1) is 0 Å². The van der Waals surface area contributed by atoms with Crippen molar-refractivity contribution in [3.63, 3.8) is 0 Å². The molecule has 0 saturated carbocycles. The van der Waals surface area contributed by atoms with Gasteiger partial charge in [0, 0.05) is 49.4 Å². The molecule has 11 rings (SSSR count). The predicted molar refractivity (Wildman–Crippen MR) is 231 cm³/mol. The average molecular weight is 703 g/mol. The van der Waals surface area contributed by atoms with E-state index in [1.165, 1.54) is 27.4 Å². The molecule has 2 heterocycles. The Labute approximate surface area is 318 Å². The third kappa shape index (κ3) is 5.13. The number of furan rings is 1. The zero-order valence-corrected chi connectivity index (χ0v) is 29.9. The molecule has 0 aliphatic carbocycles. The Morgan fingerprint density at radius 2 is 0.909 bits per heavy atom. The summed E-state index contributed by atoms with van der Waals surface area (Å²) in [6.07, 6.45) is 0. The van der Waals surface area contributed by atoms with Gasteiger partial charge < -0.3 is 13.9 Å². The third-order valence-electron chi connectivity index (χ3n) is 10.9. The molecule has 3 nitrogen and oxygen atoms in total. The average Bonchev–Trinajstić information content (AvgIpc) is 3.80. The number of benzene rings is 9. The molecule has 0 aliphatic rings. The van der Waals surface area contributed by atoms with Crippen LogP contribution in [-0.4, -0.2) is 4.57 Å². The van der Waals surface area contributed by atoms with E-state index in [9.17, 15) is 0 Å². The minimum atomic E-state index is 0.887. The van der Waals surface area contributed by atoms with Crippen molar-refractivity contribution in [1.82, 2.24) is 4.57 Å². The lowest BCUT2D eigenvalue weighted by molar-refractivity contribution is 0.672. The zero-order valence-electron chi connectivity index (χ0n) is 29.9. The lowest BCUT2D eigenvalue weighted by Crippen LogP contribution is -2.11. The summed E-state index contributed by atoms with van der Waals surface area (Å²) in [5.41, 5.74) is 13.1. The van der Waals surface area contributed by atoms with Crippen molar-refractivity contribution >= 4 is 71.6 Å². The van der Waals surface area contributed by atoms with E-state index in [-0.39, 0.29) is 0 Å². The second-order valence-corrected chi connectivity index (χ2v) is 14.1. The standard InChI is InChI=1S/C52H34N2O/c1-4-16-35(17-5-1)37-30-38(36-18-6-2-7-19-36)32-41(31-37)53(50-34-47-45-24-13-15-27-51(45)55-52(47)46-25-11-10-23-43(46)50)40-28-29-44-42-22-12-14-26-48(42)54(49(44)33-40)39-20-8-3-9-21-39/h1-34H. The van der Waals surface area contributed by atoms with Crippen molar-refractivity contribution in [2.75, 3.05) is 4.90 Å². The highest BCUT2D eigenvalue weighted by Crippen LogP contribution is 2.47. The lowest BCUT2D eigenvalue weighted by Gasteiger charge is -2.28. The van der Waals surface area contributed by atoms with Crippen LogP contribution in [0.4, 0.5) is 17.1 Å². The number of para-hydroxylation sites is 3. The molecule has 0 aliphatic heterocycles. The molecule has 0 bridgehead atoms. The number of nitrogens with zero attached hydrogens (tertiary/aromatic N) is 2. The molecule has 0 atom stereocenters. The second-order valence-electron chi connectivity index (χ2n) is 14.1. The first-order valence-electron chi connectivity index (χ1n) is 18.8. The number of hydrogen-bond acceptors (Lipinski definition) is 2. The Morgan fingerprint density at radius 3 is 1.62 bits per heavy atom. The maximum Gasteiger partial charge on any atom is 0.143 e. The highest BCUT2D eigenvalue weighted by atomic mass is 16.3. The Kier molecular flexibility index (Phi) is 7.17. The summed E-state index contributed by atoms with van der Waals surface area (Å²) in [6.45, 7) is 0. The fraction of sp³-hybridized carbons (Fsp3) is 0. The number of rotatable bonds is 6. The quantitative estimate of drug-likeness (QED) is 0.172. The van der Waals surface area contributed by atoms with Crippen LogP contribution in [0.5, 0.6) is 0 Å². The van der Waals surface area contributed by atoms with Crippen molar-refractivity contribution in [2.24, 2.45) is 0 Å².